The summed E-state index contributed by atoms with van der Waals surface area (Å²) in [4.78, 5) is 39.8. The van der Waals surface area contributed by atoms with Gasteiger partial charge in [0.2, 0.25) is 5.43 Å². The van der Waals surface area contributed by atoms with E-state index in [1.807, 2.05) is 6.92 Å². The van der Waals surface area contributed by atoms with E-state index in [0.717, 1.165) is 12.8 Å². The van der Waals surface area contributed by atoms with E-state index in [4.69, 9.17) is 0 Å². The van der Waals surface area contributed by atoms with Crippen molar-refractivity contribution in [3.8, 4) is 0 Å². The molecule has 2 N–H and O–H groups in total. The molecule has 2 heterocycles. The highest BCUT2D eigenvalue weighted by Crippen LogP contribution is 2.14. The predicted octanol–water partition coefficient (Wildman–Crippen LogP) is 2.14. The molecule has 0 aliphatic rings. The Bertz CT molecular complexity index is 1040. The highest BCUT2D eigenvalue weighted by Gasteiger charge is 2.17. The molecule has 7 nitrogen and oxygen atoms in total. The zero-order valence-electron chi connectivity index (χ0n) is 13.8. The molecule has 0 unspecified atom stereocenters. The number of aromatic amines is 1. The zero-order chi connectivity index (χ0) is 17.8. The number of fused-ring (bicyclic) bond motifs is 1. The van der Waals surface area contributed by atoms with Gasteiger partial charge >= 0.3 is 0 Å². The molecule has 7 heteroatoms. The fraction of sp³-hybridized carbons (Fsp3) is 0.222. The Hall–Kier alpha value is -3.22. The largest absolute Gasteiger partial charge is 0.366 e. The zero-order valence-corrected chi connectivity index (χ0v) is 13.8. The fourth-order valence-corrected chi connectivity index (χ4v) is 2.56. The van der Waals surface area contributed by atoms with Crippen LogP contribution in [0, 0.1) is 0 Å². The predicted molar refractivity (Wildman–Crippen MR) is 95.9 cm³/mol. The Kier molecular flexibility index (Phi) is 4.74. The van der Waals surface area contributed by atoms with E-state index < -0.39 is 5.91 Å². The van der Waals surface area contributed by atoms with E-state index in [2.05, 4.69) is 15.4 Å². The molecular weight excluding hydrogens is 320 g/mol. The summed E-state index contributed by atoms with van der Waals surface area (Å²) in [6.07, 6.45) is 4.58. The number of aromatic nitrogens is 3. The lowest BCUT2D eigenvalue weighted by atomic mass is 10.1. The lowest BCUT2D eigenvalue weighted by molar-refractivity contribution is 0.102. The number of anilines is 1. The third kappa shape index (κ3) is 3.35. The third-order valence-electron chi connectivity index (χ3n) is 3.88. The molecule has 1 aromatic carbocycles. The van der Waals surface area contributed by atoms with Crippen LogP contribution in [0.5, 0.6) is 0 Å². The van der Waals surface area contributed by atoms with Gasteiger partial charge in [-0.2, -0.15) is 5.10 Å². The van der Waals surface area contributed by atoms with Crippen LogP contribution in [-0.2, 0) is 6.54 Å². The van der Waals surface area contributed by atoms with Crippen LogP contribution in [0.3, 0.4) is 0 Å². The monoisotopic (exact) mass is 338 g/mol. The SMILES string of the molecule is CCCCn1nc(C(=O)Nc2c[nH]ccc2=O)c2ccccc2c1=O. The lowest BCUT2D eigenvalue weighted by Crippen LogP contribution is -2.28. The number of hydrogen-bond donors (Lipinski definition) is 2. The fourth-order valence-electron chi connectivity index (χ4n) is 2.56. The quantitative estimate of drug-likeness (QED) is 0.745. The van der Waals surface area contributed by atoms with Crippen molar-refractivity contribution in [1.29, 1.82) is 0 Å². The number of nitrogens with zero attached hydrogens (tertiary/aromatic N) is 2. The van der Waals surface area contributed by atoms with Gasteiger partial charge in [-0.1, -0.05) is 31.5 Å². The molecule has 0 spiro atoms. The van der Waals surface area contributed by atoms with Gasteiger partial charge in [-0.25, -0.2) is 4.68 Å². The Balaban J connectivity index is 2.09. The maximum Gasteiger partial charge on any atom is 0.276 e. The van der Waals surface area contributed by atoms with Gasteiger partial charge in [-0.15, -0.1) is 0 Å². The molecule has 3 aromatic rings. The average Bonchev–Trinajstić information content (AvgIpc) is 2.63. The number of unbranched alkanes of at least 4 members (excludes halogenated alkanes) is 1. The summed E-state index contributed by atoms with van der Waals surface area (Å²) >= 11 is 0. The Morgan fingerprint density at radius 1 is 1.20 bits per heavy atom. The standard InChI is InChI=1S/C18H18N4O3/c1-2-3-10-22-18(25)13-7-5-4-6-12(13)16(21-22)17(24)20-14-11-19-9-8-15(14)23/h4-9,11H,2-3,10H2,1H3,(H,19,23)(H,20,24). The molecule has 25 heavy (non-hydrogen) atoms. The van der Waals surface area contributed by atoms with Crippen molar-refractivity contribution in [2.45, 2.75) is 26.3 Å². The first-order valence-electron chi connectivity index (χ1n) is 8.10. The van der Waals surface area contributed by atoms with Crippen molar-refractivity contribution in [3.05, 3.63) is 69.0 Å². The minimum Gasteiger partial charge on any atom is -0.366 e. The molecular formula is C18H18N4O3. The van der Waals surface area contributed by atoms with Crippen LogP contribution >= 0.6 is 0 Å². The molecule has 128 valence electrons. The molecule has 0 bridgehead atoms. The van der Waals surface area contributed by atoms with Crippen LogP contribution in [0.4, 0.5) is 5.69 Å². The van der Waals surface area contributed by atoms with Gasteiger partial charge in [0.15, 0.2) is 5.69 Å². The number of benzene rings is 1. The Labute approximate surface area is 143 Å². The van der Waals surface area contributed by atoms with Gasteiger partial charge < -0.3 is 10.3 Å². The molecule has 0 saturated heterocycles. The Morgan fingerprint density at radius 3 is 2.68 bits per heavy atom. The second kappa shape index (κ2) is 7.12. The molecule has 2 aromatic heterocycles. The first-order chi connectivity index (χ1) is 12.1. The van der Waals surface area contributed by atoms with Crippen LogP contribution in [-0.4, -0.2) is 20.7 Å². The van der Waals surface area contributed by atoms with Crippen molar-refractivity contribution in [1.82, 2.24) is 14.8 Å². The lowest BCUT2D eigenvalue weighted by Gasteiger charge is -2.10. The van der Waals surface area contributed by atoms with Crippen LogP contribution in [0.2, 0.25) is 0 Å². The van der Waals surface area contributed by atoms with Crippen molar-refractivity contribution in [2.24, 2.45) is 0 Å². The molecule has 0 atom stereocenters. The second-order valence-corrected chi connectivity index (χ2v) is 5.65. The van der Waals surface area contributed by atoms with Gasteiger partial charge in [0.1, 0.15) is 5.69 Å². The minimum atomic E-state index is -0.529. The Morgan fingerprint density at radius 2 is 1.96 bits per heavy atom. The average molecular weight is 338 g/mol. The summed E-state index contributed by atoms with van der Waals surface area (Å²) in [5.41, 5.74) is -0.284. The number of H-pyrrole nitrogens is 1. The van der Waals surface area contributed by atoms with Crippen LogP contribution in [0.1, 0.15) is 30.3 Å². The van der Waals surface area contributed by atoms with Crippen molar-refractivity contribution in [2.75, 3.05) is 5.32 Å². The van der Waals surface area contributed by atoms with Crippen molar-refractivity contribution in [3.63, 3.8) is 0 Å². The summed E-state index contributed by atoms with van der Waals surface area (Å²) in [5.74, 6) is -0.529. The summed E-state index contributed by atoms with van der Waals surface area (Å²) in [5, 5.41) is 7.70. The number of amides is 1. The van der Waals surface area contributed by atoms with Gasteiger partial charge in [0, 0.05) is 30.4 Å². The second-order valence-electron chi connectivity index (χ2n) is 5.65. The smallest absolute Gasteiger partial charge is 0.276 e. The topological polar surface area (TPSA) is 96.8 Å². The van der Waals surface area contributed by atoms with Gasteiger partial charge in [0.25, 0.3) is 11.5 Å². The molecule has 0 saturated carbocycles. The number of pyridine rings is 1. The molecule has 0 aliphatic heterocycles. The maximum atomic E-state index is 12.7. The van der Waals surface area contributed by atoms with Crippen LogP contribution in [0.15, 0.2) is 52.3 Å². The summed E-state index contributed by atoms with van der Waals surface area (Å²) < 4.78 is 1.32. The van der Waals surface area contributed by atoms with E-state index >= 15 is 0 Å². The summed E-state index contributed by atoms with van der Waals surface area (Å²) in [6.45, 7) is 2.45. The number of hydrogen-bond acceptors (Lipinski definition) is 4. The van der Waals surface area contributed by atoms with E-state index in [1.54, 1.807) is 24.3 Å². The van der Waals surface area contributed by atoms with Crippen LogP contribution in [0.25, 0.3) is 10.8 Å². The van der Waals surface area contributed by atoms with Gasteiger partial charge in [0.05, 0.1) is 5.39 Å². The minimum absolute atomic E-state index is 0.120. The molecule has 3 rings (SSSR count). The molecule has 0 aliphatic carbocycles. The number of aryl methyl sites for hydroxylation is 1. The van der Waals surface area contributed by atoms with Crippen molar-refractivity contribution >= 4 is 22.4 Å². The summed E-state index contributed by atoms with van der Waals surface area (Å²) in [7, 11) is 0. The summed E-state index contributed by atoms with van der Waals surface area (Å²) in [6, 6.07) is 8.17. The van der Waals surface area contributed by atoms with Gasteiger partial charge in [-0.3, -0.25) is 14.4 Å². The third-order valence-corrected chi connectivity index (χ3v) is 3.88. The first-order valence-corrected chi connectivity index (χ1v) is 8.10. The highest BCUT2D eigenvalue weighted by atomic mass is 16.2. The number of carbonyl (C=O) groups is 1. The van der Waals surface area contributed by atoms with E-state index in [-0.39, 0.29) is 22.4 Å². The van der Waals surface area contributed by atoms with E-state index in [1.165, 1.54) is 23.1 Å². The molecule has 0 fully saturated rings. The number of nitrogens with one attached hydrogen (secondary N) is 2. The molecule has 0 radical (unpaired) electrons. The normalized spacial score (nSPS) is 10.8. The van der Waals surface area contributed by atoms with Gasteiger partial charge in [-0.05, 0) is 12.5 Å². The maximum absolute atomic E-state index is 12.7. The van der Waals surface area contributed by atoms with E-state index in [9.17, 15) is 14.4 Å². The van der Waals surface area contributed by atoms with E-state index in [0.29, 0.717) is 17.3 Å². The first kappa shape index (κ1) is 16.6. The highest BCUT2D eigenvalue weighted by molar-refractivity contribution is 6.11. The van der Waals surface area contributed by atoms with Crippen molar-refractivity contribution < 1.29 is 4.79 Å². The number of rotatable bonds is 5. The van der Waals surface area contributed by atoms with Crippen LogP contribution < -0.4 is 16.3 Å². The molecule has 1 amide bonds. The number of carbonyl (C=O) groups excluding carboxylic acids is 1.